The summed E-state index contributed by atoms with van der Waals surface area (Å²) < 4.78 is 5.27. The summed E-state index contributed by atoms with van der Waals surface area (Å²) in [6, 6.07) is 0.672. The largest absolute Gasteiger partial charge is 0.337 e. The van der Waals surface area contributed by atoms with Crippen LogP contribution in [0.3, 0.4) is 0 Å². The molecule has 76 valence electrons. The molecule has 0 aromatic carbocycles. The zero-order valence-corrected chi connectivity index (χ0v) is 8.58. The molecule has 2 bridgehead atoms. The Morgan fingerprint density at radius 1 is 1.50 bits per heavy atom. The molecule has 0 spiro atoms. The Hall–Kier alpha value is -0.900. The molecule has 4 nitrogen and oxygen atoms in total. The van der Waals surface area contributed by atoms with Gasteiger partial charge in [-0.3, -0.25) is 0 Å². The maximum absolute atomic E-state index is 5.27. The summed E-state index contributed by atoms with van der Waals surface area (Å²) >= 11 is 0. The average Bonchev–Trinajstić information content (AvgIpc) is 2.49. The molecule has 0 amide bonds. The van der Waals surface area contributed by atoms with E-state index in [2.05, 4.69) is 22.4 Å². The Morgan fingerprint density at radius 2 is 2.29 bits per heavy atom. The predicted molar refractivity (Wildman–Crippen MR) is 50.7 cm³/mol. The van der Waals surface area contributed by atoms with Crippen molar-refractivity contribution in [1.82, 2.24) is 15.5 Å². The van der Waals surface area contributed by atoms with Gasteiger partial charge in [-0.25, -0.2) is 0 Å². The SMILES string of the molecule is Cc1noc(C23CC(C)CC(C2)N3)n1. The first kappa shape index (κ1) is 8.41. The number of fused-ring (bicyclic) bond motifs is 2. The third-order valence-electron chi connectivity index (χ3n) is 3.40. The molecule has 1 aromatic heterocycles. The van der Waals surface area contributed by atoms with Gasteiger partial charge in [0.05, 0.1) is 0 Å². The lowest BCUT2D eigenvalue weighted by Gasteiger charge is -2.53. The number of rotatable bonds is 1. The number of aryl methyl sites for hydroxylation is 1. The maximum atomic E-state index is 5.27. The molecule has 3 aliphatic rings. The fraction of sp³-hybridized carbons (Fsp3) is 0.800. The number of hydrogen-bond acceptors (Lipinski definition) is 4. The first-order valence-corrected chi connectivity index (χ1v) is 5.26. The number of piperidine rings is 1. The summed E-state index contributed by atoms with van der Waals surface area (Å²) in [6.45, 7) is 4.16. The third-order valence-corrected chi connectivity index (χ3v) is 3.40. The molecule has 1 aliphatic carbocycles. The van der Waals surface area contributed by atoms with Crippen molar-refractivity contribution >= 4 is 0 Å². The van der Waals surface area contributed by atoms with E-state index in [1.54, 1.807) is 0 Å². The van der Waals surface area contributed by atoms with Crippen LogP contribution in [0.2, 0.25) is 0 Å². The highest BCUT2D eigenvalue weighted by Crippen LogP contribution is 2.47. The second-order valence-corrected chi connectivity index (χ2v) is 4.82. The quantitative estimate of drug-likeness (QED) is 0.731. The summed E-state index contributed by atoms with van der Waals surface area (Å²) in [5.41, 5.74) is 0.0175. The van der Waals surface area contributed by atoms with Crippen LogP contribution in [-0.4, -0.2) is 16.2 Å². The zero-order valence-electron chi connectivity index (χ0n) is 8.58. The normalized spacial score (nSPS) is 40.7. The predicted octanol–water partition coefficient (Wildman–Crippen LogP) is 1.37. The monoisotopic (exact) mass is 193 g/mol. The average molecular weight is 193 g/mol. The van der Waals surface area contributed by atoms with Gasteiger partial charge in [0.1, 0.15) is 5.54 Å². The van der Waals surface area contributed by atoms with Gasteiger partial charge in [0, 0.05) is 6.04 Å². The number of aromatic nitrogens is 2. The molecular weight excluding hydrogens is 178 g/mol. The Labute approximate surface area is 83.1 Å². The standard InChI is InChI=1S/C10H15N3O/c1-6-3-8-5-10(4-6,12-8)9-11-7(2)13-14-9/h6,8,12H,3-5H2,1-2H3. The van der Waals surface area contributed by atoms with Crippen LogP contribution in [0.15, 0.2) is 4.52 Å². The summed E-state index contributed by atoms with van der Waals surface area (Å²) in [5.74, 6) is 2.29. The highest BCUT2D eigenvalue weighted by Gasteiger charge is 2.53. The lowest BCUT2D eigenvalue weighted by molar-refractivity contribution is 0.00948. The molecule has 3 fully saturated rings. The van der Waals surface area contributed by atoms with Gasteiger partial charge in [-0.2, -0.15) is 4.98 Å². The first-order valence-electron chi connectivity index (χ1n) is 5.26. The minimum Gasteiger partial charge on any atom is -0.337 e. The van der Waals surface area contributed by atoms with E-state index in [1.807, 2.05) is 6.92 Å². The Morgan fingerprint density at radius 3 is 2.86 bits per heavy atom. The molecule has 3 atom stereocenters. The number of nitrogens with zero attached hydrogens (tertiary/aromatic N) is 2. The van der Waals surface area contributed by atoms with Crippen molar-refractivity contribution in [3.05, 3.63) is 11.7 Å². The van der Waals surface area contributed by atoms with E-state index >= 15 is 0 Å². The van der Waals surface area contributed by atoms with Crippen LogP contribution in [0.4, 0.5) is 0 Å². The van der Waals surface area contributed by atoms with Gasteiger partial charge in [0.25, 0.3) is 0 Å². The van der Waals surface area contributed by atoms with Gasteiger partial charge in [-0.05, 0) is 32.1 Å². The molecule has 14 heavy (non-hydrogen) atoms. The van der Waals surface area contributed by atoms with E-state index in [0.29, 0.717) is 6.04 Å². The molecule has 3 unspecified atom stereocenters. The minimum absolute atomic E-state index is 0.0175. The second kappa shape index (κ2) is 2.57. The number of nitrogens with one attached hydrogen (secondary N) is 1. The van der Waals surface area contributed by atoms with E-state index in [1.165, 1.54) is 12.8 Å². The van der Waals surface area contributed by atoms with Crippen molar-refractivity contribution < 1.29 is 4.52 Å². The van der Waals surface area contributed by atoms with Crippen LogP contribution < -0.4 is 5.32 Å². The summed E-state index contributed by atoms with van der Waals surface area (Å²) in [4.78, 5) is 4.34. The topological polar surface area (TPSA) is 51.0 Å². The molecule has 4 rings (SSSR count). The molecule has 3 heterocycles. The Balaban J connectivity index is 1.91. The van der Waals surface area contributed by atoms with E-state index in [4.69, 9.17) is 4.52 Å². The van der Waals surface area contributed by atoms with Gasteiger partial charge in [-0.1, -0.05) is 12.1 Å². The van der Waals surface area contributed by atoms with Crippen LogP contribution >= 0.6 is 0 Å². The fourth-order valence-corrected chi connectivity index (χ4v) is 2.97. The van der Waals surface area contributed by atoms with Crippen LogP contribution in [-0.2, 0) is 5.54 Å². The third kappa shape index (κ3) is 1.03. The van der Waals surface area contributed by atoms with E-state index in [9.17, 15) is 0 Å². The summed E-state index contributed by atoms with van der Waals surface area (Å²) in [6.07, 6.45) is 3.58. The lowest BCUT2D eigenvalue weighted by Crippen LogP contribution is -2.65. The lowest BCUT2D eigenvalue weighted by atomic mass is 9.66. The van der Waals surface area contributed by atoms with Crippen molar-refractivity contribution in [3.8, 4) is 0 Å². The summed E-state index contributed by atoms with van der Waals surface area (Å²) in [5, 5.41) is 7.42. The van der Waals surface area contributed by atoms with E-state index in [0.717, 1.165) is 24.1 Å². The molecule has 1 aromatic rings. The van der Waals surface area contributed by atoms with Crippen LogP contribution in [0.1, 0.15) is 37.9 Å². The van der Waals surface area contributed by atoms with Gasteiger partial charge in [0.15, 0.2) is 5.82 Å². The highest BCUT2D eigenvalue weighted by molar-refractivity contribution is 5.16. The molecule has 1 saturated carbocycles. The Kier molecular flexibility index (Phi) is 1.54. The van der Waals surface area contributed by atoms with Crippen molar-refractivity contribution in [3.63, 3.8) is 0 Å². The molecule has 1 N–H and O–H groups in total. The van der Waals surface area contributed by atoms with Crippen molar-refractivity contribution in [2.24, 2.45) is 5.92 Å². The van der Waals surface area contributed by atoms with Crippen LogP contribution in [0, 0.1) is 12.8 Å². The zero-order chi connectivity index (χ0) is 9.76. The second-order valence-electron chi connectivity index (χ2n) is 4.82. The van der Waals surface area contributed by atoms with Gasteiger partial charge in [0.2, 0.25) is 5.89 Å². The molecular formula is C10H15N3O. The van der Waals surface area contributed by atoms with Crippen molar-refractivity contribution in [2.75, 3.05) is 0 Å². The minimum atomic E-state index is 0.0175. The van der Waals surface area contributed by atoms with Gasteiger partial charge >= 0.3 is 0 Å². The van der Waals surface area contributed by atoms with Crippen molar-refractivity contribution in [2.45, 2.75) is 44.7 Å². The molecule has 2 saturated heterocycles. The van der Waals surface area contributed by atoms with E-state index < -0.39 is 0 Å². The molecule has 2 aliphatic heterocycles. The van der Waals surface area contributed by atoms with E-state index in [-0.39, 0.29) is 5.54 Å². The number of hydrogen-bond donors (Lipinski definition) is 1. The van der Waals surface area contributed by atoms with Crippen LogP contribution in [0.5, 0.6) is 0 Å². The Bertz CT molecular complexity index is 354. The van der Waals surface area contributed by atoms with Gasteiger partial charge < -0.3 is 9.84 Å². The highest BCUT2D eigenvalue weighted by atomic mass is 16.5. The molecule has 0 radical (unpaired) electrons. The summed E-state index contributed by atoms with van der Waals surface area (Å²) in [7, 11) is 0. The maximum Gasteiger partial charge on any atom is 0.247 e. The van der Waals surface area contributed by atoms with Gasteiger partial charge in [-0.15, -0.1) is 0 Å². The smallest absolute Gasteiger partial charge is 0.247 e. The van der Waals surface area contributed by atoms with Crippen molar-refractivity contribution in [1.29, 1.82) is 0 Å². The van der Waals surface area contributed by atoms with Crippen LogP contribution in [0.25, 0.3) is 0 Å². The fourth-order valence-electron chi connectivity index (χ4n) is 2.97. The first-order chi connectivity index (χ1) is 6.68. The molecule has 4 heteroatoms.